The zero-order valence-corrected chi connectivity index (χ0v) is 12.5. The molecule has 0 saturated heterocycles. The van der Waals surface area contributed by atoms with Crippen LogP contribution in [0.3, 0.4) is 0 Å². The molecule has 2 aromatic heterocycles. The van der Waals surface area contributed by atoms with E-state index in [4.69, 9.17) is 0 Å². The van der Waals surface area contributed by atoms with Gasteiger partial charge in [0.25, 0.3) is 5.91 Å². The van der Waals surface area contributed by atoms with Crippen LogP contribution < -0.4 is 5.32 Å². The fourth-order valence-electron chi connectivity index (χ4n) is 2.30. The molecule has 0 fully saturated rings. The molecule has 6 heteroatoms. The molecule has 1 amide bonds. The van der Waals surface area contributed by atoms with Crippen LogP contribution in [0.5, 0.6) is 0 Å². The van der Waals surface area contributed by atoms with Gasteiger partial charge in [0.2, 0.25) is 5.13 Å². The Labute approximate surface area is 126 Å². The SMILES string of the molecule is Cc1ccc(C)n1-c1ccccc1C(=O)Nc1nncs1. The first-order chi connectivity index (χ1) is 10.2. The summed E-state index contributed by atoms with van der Waals surface area (Å²) in [6, 6.07) is 11.6. The number of para-hydroxylation sites is 1. The normalized spacial score (nSPS) is 10.6. The van der Waals surface area contributed by atoms with Crippen molar-refractivity contribution in [1.29, 1.82) is 0 Å². The van der Waals surface area contributed by atoms with Crippen LogP contribution in [0.25, 0.3) is 5.69 Å². The summed E-state index contributed by atoms with van der Waals surface area (Å²) < 4.78 is 2.06. The van der Waals surface area contributed by atoms with Crippen LogP contribution in [0.4, 0.5) is 5.13 Å². The first-order valence-electron chi connectivity index (χ1n) is 6.48. The summed E-state index contributed by atoms with van der Waals surface area (Å²) in [5.41, 5.74) is 5.23. The molecule has 1 N–H and O–H groups in total. The minimum atomic E-state index is -0.185. The Morgan fingerprint density at radius 2 is 1.86 bits per heavy atom. The molecule has 0 saturated carbocycles. The number of rotatable bonds is 3. The van der Waals surface area contributed by atoms with E-state index in [1.165, 1.54) is 11.3 Å². The molecular weight excluding hydrogens is 284 g/mol. The predicted molar refractivity (Wildman–Crippen MR) is 83.1 cm³/mol. The van der Waals surface area contributed by atoms with E-state index in [1.54, 1.807) is 5.51 Å². The van der Waals surface area contributed by atoms with Gasteiger partial charge >= 0.3 is 0 Å². The third-order valence-electron chi connectivity index (χ3n) is 3.24. The second-order valence-electron chi connectivity index (χ2n) is 4.67. The van der Waals surface area contributed by atoms with Gasteiger partial charge in [0.1, 0.15) is 5.51 Å². The Morgan fingerprint density at radius 3 is 2.52 bits per heavy atom. The maximum absolute atomic E-state index is 12.5. The Kier molecular flexibility index (Phi) is 3.53. The van der Waals surface area contributed by atoms with Gasteiger partial charge in [-0.15, -0.1) is 10.2 Å². The van der Waals surface area contributed by atoms with Crippen LogP contribution in [0, 0.1) is 13.8 Å². The molecule has 3 rings (SSSR count). The molecule has 5 nitrogen and oxygen atoms in total. The summed E-state index contributed by atoms with van der Waals surface area (Å²) in [7, 11) is 0. The van der Waals surface area contributed by atoms with Gasteiger partial charge in [-0.05, 0) is 38.1 Å². The summed E-state index contributed by atoms with van der Waals surface area (Å²) >= 11 is 1.29. The first-order valence-corrected chi connectivity index (χ1v) is 7.36. The number of aryl methyl sites for hydroxylation is 2. The number of carbonyl (C=O) groups excluding carboxylic acids is 1. The van der Waals surface area contributed by atoms with Crippen molar-refractivity contribution < 1.29 is 4.79 Å². The second-order valence-corrected chi connectivity index (χ2v) is 5.50. The monoisotopic (exact) mass is 298 g/mol. The number of nitrogens with one attached hydrogen (secondary N) is 1. The maximum Gasteiger partial charge on any atom is 0.259 e. The van der Waals surface area contributed by atoms with Crippen LogP contribution in [0.15, 0.2) is 41.9 Å². The largest absolute Gasteiger partial charge is 0.318 e. The zero-order valence-electron chi connectivity index (χ0n) is 11.7. The second kappa shape index (κ2) is 5.49. The van der Waals surface area contributed by atoms with Crippen LogP contribution in [0.2, 0.25) is 0 Å². The van der Waals surface area contributed by atoms with Crippen molar-refractivity contribution in [3.8, 4) is 5.69 Å². The van der Waals surface area contributed by atoms with Crippen LogP contribution in [0.1, 0.15) is 21.7 Å². The molecule has 0 aliphatic carbocycles. The molecular formula is C15H14N4OS. The van der Waals surface area contributed by atoms with Gasteiger partial charge in [0, 0.05) is 11.4 Å². The summed E-state index contributed by atoms with van der Waals surface area (Å²) in [4.78, 5) is 12.5. The number of amides is 1. The highest BCUT2D eigenvalue weighted by molar-refractivity contribution is 7.13. The fourth-order valence-corrected chi connectivity index (χ4v) is 2.74. The molecule has 2 heterocycles. The number of benzene rings is 1. The summed E-state index contributed by atoms with van der Waals surface area (Å²) in [6.07, 6.45) is 0. The topological polar surface area (TPSA) is 59.8 Å². The van der Waals surface area contributed by atoms with Crippen molar-refractivity contribution in [2.75, 3.05) is 5.32 Å². The molecule has 0 unspecified atom stereocenters. The Balaban J connectivity index is 2.02. The number of hydrogen-bond acceptors (Lipinski definition) is 4. The lowest BCUT2D eigenvalue weighted by atomic mass is 10.1. The van der Waals surface area contributed by atoms with E-state index in [1.807, 2.05) is 50.2 Å². The van der Waals surface area contributed by atoms with Crippen molar-refractivity contribution in [2.45, 2.75) is 13.8 Å². The average molecular weight is 298 g/mol. The van der Waals surface area contributed by atoms with E-state index >= 15 is 0 Å². The van der Waals surface area contributed by atoms with Gasteiger partial charge in [-0.1, -0.05) is 23.5 Å². The van der Waals surface area contributed by atoms with Gasteiger partial charge in [0.15, 0.2) is 0 Å². The molecule has 1 aromatic carbocycles. The third kappa shape index (κ3) is 2.57. The minimum absolute atomic E-state index is 0.185. The lowest BCUT2D eigenvalue weighted by Gasteiger charge is -2.13. The van der Waals surface area contributed by atoms with E-state index in [0.29, 0.717) is 10.7 Å². The smallest absolute Gasteiger partial charge is 0.259 e. The van der Waals surface area contributed by atoms with Gasteiger partial charge in [-0.3, -0.25) is 10.1 Å². The summed E-state index contributed by atoms with van der Waals surface area (Å²) in [6.45, 7) is 4.04. The lowest BCUT2D eigenvalue weighted by molar-refractivity contribution is 0.102. The van der Waals surface area contributed by atoms with E-state index < -0.39 is 0 Å². The van der Waals surface area contributed by atoms with Gasteiger partial charge in [0.05, 0.1) is 11.3 Å². The lowest BCUT2D eigenvalue weighted by Crippen LogP contribution is -2.15. The Hall–Kier alpha value is -2.47. The Bertz CT molecular complexity index is 757. The first kappa shape index (κ1) is 13.5. The summed E-state index contributed by atoms with van der Waals surface area (Å²) in [5.74, 6) is -0.185. The molecule has 0 bridgehead atoms. The number of carbonyl (C=O) groups is 1. The highest BCUT2D eigenvalue weighted by atomic mass is 32.1. The predicted octanol–water partition coefficient (Wildman–Crippen LogP) is 3.20. The van der Waals surface area contributed by atoms with Gasteiger partial charge in [-0.2, -0.15) is 0 Å². The van der Waals surface area contributed by atoms with Crippen molar-refractivity contribution >= 4 is 22.4 Å². The van der Waals surface area contributed by atoms with Crippen LogP contribution >= 0.6 is 11.3 Å². The van der Waals surface area contributed by atoms with Crippen LogP contribution in [-0.2, 0) is 0 Å². The van der Waals surface area contributed by atoms with E-state index in [9.17, 15) is 4.79 Å². The van der Waals surface area contributed by atoms with Gasteiger partial charge in [-0.25, -0.2) is 0 Å². The number of hydrogen-bond donors (Lipinski definition) is 1. The molecule has 0 radical (unpaired) electrons. The quantitative estimate of drug-likeness (QED) is 0.807. The molecule has 0 spiro atoms. The molecule has 106 valence electrons. The highest BCUT2D eigenvalue weighted by Gasteiger charge is 2.15. The number of anilines is 1. The highest BCUT2D eigenvalue weighted by Crippen LogP contribution is 2.21. The molecule has 21 heavy (non-hydrogen) atoms. The minimum Gasteiger partial charge on any atom is -0.318 e. The average Bonchev–Trinajstić information content (AvgIpc) is 3.09. The van der Waals surface area contributed by atoms with Crippen molar-refractivity contribution in [3.63, 3.8) is 0 Å². The number of aromatic nitrogens is 3. The van der Waals surface area contributed by atoms with E-state index in [2.05, 4.69) is 20.1 Å². The van der Waals surface area contributed by atoms with Crippen molar-refractivity contribution in [1.82, 2.24) is 14.8 Å². The summed E-state index contributed by atoms with van der Waals surface area (Å²) in [5, 5.41) is 10.8. The zero-order chi connectivity index (χ0) is 14.8. The Morgan fingerprint density at radius 1 is 1.14 bits per heavy atom. The standard InChI is InChI=1S/C15H14N4OS/c1-10-7-8-11(2)19(10)13-6-4-3-5-12(13)14(20)17-15-18-16-9-21-15/h3-9H,1-2H3,(H,17,18,20). The third-order valence-corrected chi connectivity index (χ3v) is 3.85. The fraction of sp³-hybridized carbons (Fsp3) is 0.133. The number of nitrogens with zero attached hydrogens (tertiary/aromatic N) is 3. The van der Waals surface area contributed by atoms with E-state index in [-0.39, 0.29) is 5.91 Å². The molecule has 3 aromatic rings. The van der Waals surface area contributed by atoms with Crippen LogP contribution in [-0.4, -0.2) is 20.7 Å². The van der Waals surface area contributed by atoms with Crippen molar-refractivity contribution in [3.05, 3.63) is 58.9 Å². The van der Waals surface area contributed by atoms with Gasteiger partial charge < -0.3 is 4.57 Å². The van der Waals surface area contributed by atoms with Crippen molar-refractivity contribution in [2.24, 2.45) is 0 Å². The molecule has 0 atom stereocenters. The van der Waals surface area contributed by atoms with E-state index in [0.717, 1.165) is 17.1 Å². The molecule has 0 aliphatic rings. The maximum atomic E-state index is 12.5. The molecule has 0 aliphatic heterocycles.